The minimum absolute atomic E-state index is 0.227. The number of benzene rings is 2. The summed E-state index contributed by atoms with van der Waals surface area (Å²) in [7, 11) is 0. The summed E-state index contributed by atoms with van der Waals surface area (Å²) >= 11 is 0. The summed E-state index contributed by atoms with van der Waals surface area (Å²) in [5.74, 6) is 0.820. The number of amides is 2. The van der Waals surface area contributed by atoms with Crippen LogP contribution in [0.4, 0.5) is 10.5 Å². The van der Waals surface area contributed by atoms with E-state index >= 15 is 0 Å². The van der Waals surface area contributed by atoms with Crippen LogP contribution in [0.3, 0.4) is 0 Å². The Morgan fingerprint density at radius 2 is 1.88 bits per heavy atom. The second-order valence-corrected chi connectivity index (χ2v) is 6.12. The first-order valence-corrected chi connectivity index (χ1v) is 8.91. The van der Waals surface area contributed by atoms with Gasteiger partial charge in [0.25, 0.3) is 0 Å². The minimum Gasteiger partial charge on any atom is -0.492 e. The SMILES string of the molecule is O=C(NCc1cccc(OCCN2CCOCC2)c1)Nc1ccccc1. The van der Waals surface area contributed by atoms with Crippen LogP contribution in [0.25, 0.3) is 0 Å². The van der Waals surface area contributed by atoms with Crippen LogP contribution in [0.1, 0.15) is 5.56 Å². The van der Waals surface area contributed by atoms with Crippen LogP contribution in [-0.2, 0) is 11.3 Å². The summed E-state index contributed by atoms with van der Waals surface area (Å²) < 4.78 is 11.2. The monoisotopic (exact) mass is 355 g/mol. The maximum atomic E-state index is 11.9. The van der Waals surface area contributed by atoms with Crippen molar-refractivity contribution in [2.75, 3.05) is 44.8 Å². The molecule has 2 N–H and O–H groups in total. The van der Waals surface area contributed by atoms with Crippen LogP contribution in [0.2, 0.25) is 0 Å². The lowest BCUT2D eigenvalue weighted by molar-refractivity contribution is 0.0322. The number of carbonyl (C=O) groups excluding carboxylic acids is 1. The summed E-state index contributed by atoms with van der Waals surface area (Å²) in [6.07, 6.45) is 0. The van der Waals surface area contributed by atoms with Crippen LogP contribution in [-0.4, -0.2) is 50.4 Å². The fourth-order valence-electron chi connectivity index (χ4n) is 2.74. The molecule has 6 heteroatoms. The van der Waals surface area contributed by atoms with Crippen molar-refractivity contribution < 1.29 is 14.3 Å². The molecule has 0 spiro atoms. The highest BCUT2D eigenvalue weighted by atomic mass is 16.5. The van der Waals surface area contributed by atoms with Crippen molar-refractivity contribution in [3.63, 3.8) is 0 Å². The van der Waals surface area contributed by atoms with E-state index in [-0.39, 0.29) is 6.03 Å². The highest BCUT2D eigenvalue weighted by molar-refractivity contribution is 5.89. The summed E-state index contributed by atoms with van der Waals surface area (Å²) in [6.45, 7) is 5.50. The van der Waals surface area contributed by atoms with E-state index in [1.165, 1.54) is 0 Å². The Morgan fingerprint density at radius 1 is 1.08 bits per heavy atom. The maximum Gasteiger partial charge on any atom is 0.319 e. The number of carbonyl (C=O) groups is 1. The summed E-state index contributed by atoms with van der Waals surface area (Å²) in [4.78, 5) is 14.3. The standard InChI is InChI=1S/C20H25N3O3/c24-20(22-18-6-2-1-3-7-18)21-16-17-5-4-8-19(15-17)26-14-11-23-9-12-25-13-10-23/h1-8,15H,9-14,16H2,(H2,21,22,24). The summed E-state index contributed by atoms with van der Waals surface area (Å²) in [5.41, 5.74) is 1.77. The third kappa shape index (κ3) is 6.06. The average molecular weight is 355 g/mol. The summed E-state index contributed by atoms with van der Waals surface area (Å²) in [6, 6.07) is 17.0. The third-order valence-electron chi connectivity index (χ3n) is 4.16. The Hall–Kier alpha value is -2.57. The van der Waals surface area contributed by atoms with E-state index in [1.807, 2.05) is 54.6 Å². The molecule has 26 heavy (non-hydrogen) atoms. The van der Waals surface area contributed by atoms with Gasteiger partial charge in [-0.2, -0.15) is 0 Å². The van der Waals surface area contributed by atoms with Crippen molar-refractivity contribution in [3.8, 4) is 5.75 Å². The average Bonchev–Trinajstić information content (AvgIpc) is 2.68. The lowest BCUT2D eigenvalue weighted by atomic mass is 10.2. The molecule has 1 aliphatic rings. The molecule has 1 heterocycles. The van der Waals surface area contributed by atoms with Crippen molar-refractivity contribution in [2.24, 2.45) is 0 Å². The zero-order valence-corrected chi connectivity index (χ0v) is 14.8. The molecule has 3 rings (SSSR count). The number of anilines is 1. The molecule has 2 amide bonds. The topological polar surface area (TPSA) is 62.8 Å². The first kappa shape index (κ1) is 18.2. The molecule has 2 aromatic rings. The number of hydrogen-bond acceptors (Lipinski definition) is 4. The van der Waals surface area contributed by atoms with Gasteiger partial charge in [0.2, 0.25) is 0 Å². The lowest BCUT2D eigenvalue weighted by Crippen LogP contribution is -2.38. The number of para-hydroxylation sites is 1. The molecule has 2 aromatic carbocycles. The Balaban J connectivity index is 1.41. The summed E-state index contributed by atoms with van der Waals surface area (Å²) in [5, 5.41) is 5.66. The van der Waals surface area contributed by atoms with Gasteiger partial charge < -0.3 is 20.1 Å². The Morgan fingerprint density at radius 3 is 2.69 bits per heavy atom. The second-order valence-electron chi connectivity index (χ2n) is 6.12. The molecular weight excluding hydrogens is 330 g/mol. The first-order valence-electron chi connectivity index (χ1n) is 8.91. The third-order valence-corrected chi connectivity index (χ3v) is 4.16. The van der Waals surface area contributed by atoms with Crippen molar-refractivity contribution in [3.05, 3.63) is 60.2 Å². The lowest BCUT2D eigenvalue weighted by Gasteiger charge is -2.26. The fraction of sp³-hybridized carbons (Fsp3) is 0.350. The fourth-order valence-corrected chi connectivity index (χ4v) is 2.74. The molecule has 0 unspecified atom stereocenters. The van der Waals surface area contributed by atoms with Crippen LogP contribution in [0, 0.1) is 0 Å². The quantitative estimate of drug-likeness (QED) is 0.802. The van der Waals surface area contributed by atoms with Crippen molar-refractivity contribution in [2.45, 2.75) is 6.54 Å². The zero-order chi connectivity index (χ0) is 18.0. The molecule has 0 bridgehead atoms. The smallest absolute Gasteiger partial charge is 0.319 e. The van der Waals surface area contributed by atoms with Gasteiger partial charge in [0.15, 0.2) is 0 Å². The predicted octanol–water partition coefficient (Wildman–Crippen LogP) is 2.72. The highest BCUT2D eigenvalue weighted by Gasteiger charge is 2.09. The number of hydrogen-bond donors (Lipinski definition) is 2. The molecule has 0 saturated carbocycles. The van der Waals surface area contributed by atoms with E-state index in [0.717, 1.165) is 49.8 Å². The van der Waals surface area contributed by atoms with Gasteiger partial charge in [-0.1, -0.05) is 30.3 Å². The Kier molecular flexibility index (Phi) is 6.87. The molecule has 1 aliphatic heterocycles. The molecule has 0 aliphatic carbocycles. The van der Waals surface area contributed by atoms with Gasteiger partial charge in [-0.15, -0.1) is 0 Å². The van der Waals surface area contributed by atoms with E-state index < -0.39 is 0 Å². The number of nitrogens with zero attached hydrogens (tertiary/aromatic N) is 1. The number of rotatable bonds is 7. The van der Waals surface area contributed by atoms with Gasteiger partial charge in [0.05, 0.1) is 13.2 Å². The first-order chi connectivity index (χ1) is 12.8. The van der Waals surface area contributed by atoms with E-state index in [2.05, 4.69) is 15.5 Å². The number of urea groups is 1. The normalized spacial score (nSPS) is 14.6. The largest absolute Gasteiger partial charge is 0.492 e. The van der Waals surface area contributed by atoms with Crippen LogP contribution >= 0.6 is 0 Å². The van der Waals surface area contributed by atoms with Crippen LogP contribution in [0.5, 0.6) is 5.75 Å². The minimum atomic E-state index is -0.227. The molecule has 0 atom stereocenters. The van der Waals surface area contributed by atoms with Crippen molar-refractivity contribution in [1.29, 1.82) is 0 Å². The molecule has 1 fully saturated rings. The van der Waals surface area contributed by atoms with Crippen molar-refractivity contribution >= 4 is 11.7 Å². The Bertz CT molecular complexity index is 688. The molecular formula is C20H25N3O3. The molecule has 6 nitrogen and oxygen atoms in total. The molecule has 138 valence electrons. The molecule has 0 aromatic heterocycles. The molecule has 0 radical (unpaired) electrons. The van der Waals surface area contributed by atoms with Gasteiger partial charge in [-0.3, -0.25) is 4.90 Å². The predicted molar refractivity (Wildman–Crippen MR) is 101 cm³/mol. The van der Waals surface area contributed by atoms with E-state index in [0.29, 0.717) is 13.2 Å². The second kappa shape index (κ2) is 9.79. The van der Waals surface area contributed by atoms with E-state index in [9.17, 15) is 4.79 Å². The molecule has 1 saturated heterocycles. The maximum absolute atomic E-state index is 11.9. The van der Waals surface area contributed by atoms with E-state index in [4.69, 9.17) is 9.47 Å². The van der Waals surface area contributed by atoms with Gasteiger partial charge >= 0.3 is 6.03 Å². The van der Waals surface area contributed by atoms with E-state index in [1.54, 1.807) is 0 Å². The Labute approximate surface area is 154 Å². The number of ether oxygens (including phenoxy) is 2. The van der Waals surface area contributed by atoms with Crippen LogP contribution in [0.15, 0.2) is 54.6 Å². The van der Waals surface area contributed by atoms with Gasteiger partial charge in [0, 0.05) is 31.9 Å². The number of nitrogens with one attached hydrogen (secondary N) is 2. The number of morpholine rings is 1. The zero-order valence-electron chi connectivity index (χ0n) is 14.8. The van der Waals surface area contributed by atoms with Crippen LogP contribution < -0.4 is 15.4 Å². The van der Waals surface area contributed by atoms with Gasteiger partial charge in [-0.25, -0.2) is 4.79 Å². The highest BCUT2D eigenvalue weighted by Crippen LogP contribution is 2.13. The van der Waals surface area contributed by atoms with Gasteiger partial charge in [0.1, 0.15) is 12.4 Å². The van der Waals surface area contributed by atoms with Gasteiger partial charge in [-0.05, 0) is 29.8 Å². The van der Waals surface area contributed by atoms with Crippen molar-refractivity contribution in [1.82, 2.24) is 10.2 Å².